The Bertz CT molecular complexity index is 351. The highest BCUT2D eigenvalue weighted by Gasteiger charge is 2.05. The van der Waals surface area contributed by atoms with Crippen molar-refractivity contribution in [3.8, 4) is 5.75 Å². The van der Waals surface area contributed by atoms with Crippen molar-refractivity contribution in [2.24, 2.45) is 0 Å². The van der Waals surface area contributed by atoms with Crippen LogP contribution in [-0.4, -0.2) is 21.7 Å². The molecule has 1 aromatic rings. The van der Waals surface area contributed by atoms with E-state index in [2.05, 4.69) is 36.7 Å². The van der Waals surface area contributed by atoms with E-state index in [1.165, 1.54) is 0 Å². The summed E-state index contributed by atoms with van der Waals surface area (Å²) in [5.74, 6) is 0.897. The van der Waals surface area contributed by atoms with E-state index in [0.717, 1.165) is 24.4 Å². The van der Waals surface area contributed by atoms with Crippen LogP contribution in [0.3, 0.4) is 0 Å². The van der Waals surface area contributed by atoms with Crippen LogP contribution in [-0.2, 0) is 0 Å². The topological polar surface area (TPSA) is 21.3 Å². The highest BCUT2D eigenvalue weighted by molar-refractivity contribution is 6.80. The van der Waals surface area contributed by atoms with Crippen molar-refractivity contribution < 1.29 is 4.74 Å². The number of benzene rings is 1. The molecule has 0 saturated heterocycles. The fourth-order valence-corrected chi connectivity index (χ4v) is 2.32. The predicted octanol–water partition coefficient (Wildman–Crippen LogP) is 3.93. The molecule has 0 saturated carbocycles. The van der Waals surface area contributed by atoms with Crippen LogP contribution < -0.4 is 10.1 Å². The fraction of sp³-hybridized carbons (Fsp3) is 0.429. The Kier molecular flexibility index (Phi) is 5.29. The van der Waals surface area contributed by atoms with E-state index in [0.29, 0.717) is 0 Å². The average molecular weight is 249 g/mol. The van der Waals surface area contributed by atoms with E-state index in [4.69, 9.17) is 4.74 Å². The van der Waals surface area contributed by atoms with Gasteiger partial charge in [-0.05, 0) is 30.7 Å². The third-order valence-electron chi connectivity index (χ3n) is 2.35. The van der Waals surface area contributed by atoms with Gasteiger partial charge in [0.15, 0.2) is 0 Å². The molecule has 1 rings (SSSR count). The summed E-state index contributed by atoms with van der Waals surface area (Å²) < 4.78 is 5.12. The van der Waals surface area contributed by atoms with Crippen LogP contribution in [0.2, 0.25) is 19.6 Å². The highest BCUT2D eigenvalue weighted by Crippen LogP contribution is 2.14. The molecule has 0 aliphatic rings. The molecule has 1 N–H and O–H groups in total. The molecule has 17 heavy (non-hydrogen) atoms. The van der Waals surface area contributed by atoms with Crippen LogP contribution in [0.4, 0.5) is 5.69 Å². The van der Waals surface area contributed by atoms with Crippen LogP contribution in [0.25, 0.3) is 0 Å². The van der Waals surface area contributed by atoms with Crippen molar-refractivity contribution in [1.82, 2.24) is 0 Å². The van der Waals surface area contributed by atoms with Gasteiger partial charge >= 0.3 is 0 Å². The summed E-state index contributed by atoms with van der Waals surface area (Å²) in [6.07, 6.45) is 3.37. The maximum atomic E-state index is 5.12. The molecule has 2 nitrogen and oxygen atoms in total. The molecular weight excluding hydrogens is 226 g/mol. The first-order valence-electron chi connectivity index (χ1n) is 6.07. The molecule has 1 aromatic carbocycles. The zero-order valence-corrected chi connectivity index (χ0v) is 12.3. The maximum Gasteiger partial charge on any atom is 0.119 e. The number of hydrogen-bond donors (Lipinski definition) is 1. The quantitative estimate of drug-likeness (QED) is 0.609. The number of rotatable bonds is 6. The van der Waals surface area contributed by atoms with E-state index >= 15 is 0 Å². The minimum Gasteiger partial charge on any atom is -0.497 e. The van der Waals surface area contributed by atoms with Crippen LogP contribution >= 0.6 is 0 Å². The van der Waals surface area contributed by atoms with Crippen LogP contribution in [0.1, 0.15) is 6.42 Å². The van der Waals surface area contributed by atoms with Gasteiger partial charge in [-0.1, -0.05) is 31.4 Å². The van der Waals surface area contributed by atoms with E-state index in [1.54, 1.807) is 7.11 Å². The number of hydrogen-bond acceptors (Lipinski definition) is 2. The number of methoxy groups -OCH3 is 1. The molecule has 94 valence electrons. The normalized spacial score (nSPS) is 11.8. The molecule has 0 aliphatic heterocycles. The molecule has 0 bridgehead atoms. The zero-order valence-electron chi connectivity index (χ0n) is 11.3. The Labute approximate surface area is 106 Å². The Morgan fingerprint density at radius 2 is 1.82 bits per heavy atom. The first kappa shape index (κ1) is 13.8. The summed E-state index contributed by atoms with van der Waals surface area (Å²) in [7, 11) is 0.660. The number of nitrogens with one attached hydrogen (secondary N) is 1. The van der Waals surface area contributed by atoms with Gasteiger partial charge in [0.05, 0.1) is 15.2 Å². The number of anilines is 1. The van der Waals surface area contributed by atoms with Crippen LogP contribution in [0.15, 0.2) is 36.0 Å². The standard InChI is InChI=1S/C14H23NOSi/c1-16-14-9-7-13(8-10-14)15-11-5-6-12-17(2,3)4/h6-10,12,15H,5,11H2,1-4H3/b12-6-. The van der Waals surface area contributed by atoms with E-state index < -0.39 is 8.07 Å². The van der Waals surface area contributed by atoms with Crippen molar-refractivity contribution in [3.63, 3.8) is 0 Å². The van der Waals surface area contributed by atoms with Crippen molar-refractivity contribution in [3.05, 3.63) is 36.0 Å². The minimum atomic E-state index is -1.02. The first-order chi connectivity index (χ1) is 8.01. The Balaban J connectivity index is 2.29. The first-order valence-corrected chi connectivity index (χ1v) is 9.64. The SMILES string of the molecule is COc1ccc(NCC/C=C\[Si](C)(C)C)cc1. The molecule has 0 spiro atoms. The lowest BCUT2D eigenvalue weighted by atomic mass is 10.3. The molecular formula is C14H23NOSi. The van der Waals surface area contributed by atoms with Crippen LogP contribution in [0.5, 0.6) is 5.75 Å². The van der Waals surface area contributed by atoms with Gasteiger partial charge in [-0.2, -0.15) is 0 Å². The molecule has 0 heterocycles. The molecule has 0 atom stereocenters. The van der Waals surface area contributed by atoms with Gasteiger partial charge in [0.25, 0.3) is 0 Å². The van der Waals surface area contributed by atoms with Gasteiger partial charge in [-0.25, -0.2) is 0 Å². The van der Waals surface area contributed by atoms with Gasteiger partial charge < -0.3 is 10.1 Å². The summed E-state index contributed by atoms with van der Waals surface area (Å²) >= 11 is 0. The molecule has 0 aliphatic carbocycles. The number of ether oxygens (including phenoxy) is 1. The second-order valence-electron chi connectivity index (χ2n) is 5.21. The third-order valence-corrected chi connectivity index (χ3v) is 3.58. The fourth-order valence-electron chi connectivity index (χ4n) is 1.45. The third kappa shape index (κ3) is 6.17. The summed E-state index contributed by atoms with van der Waals surface area (Å²) in [4.78, 5) is 0. The minimum absolute atomic E-state index is 0.897. The van der Waals surface area contributed by atoms with Gasteiger partial charge in [0.1, 0.15) is 5.75 Å². The molecule has 0 fully saturated rings. The van der Waals surface area contributed by atoms with E-state index in [1.807, 2.05) is 24.3 Å². The lowest BCUT2D eigenvalue weighted by molar-refractivity contribution is 0.415. The largest absolute Gasteiger partial charge is 0.497 e. The van der Waals surface area contributed by atoms with Crippen molar-refractivity contribution >= 4 is 13.8 Å². The zero-order chi connectivity index (χ0) is 12.7. The smallest absolute Gasteiger partial charge is 0.119 e. The molecule has 3 heteroatoms. The second-order valence-corrected chi connectivity index (χ2v) is 10.3. The van der Waals surface area contributed by atoms with Gasteiger partial charge in [-0.3, -0.25) is 0 Å². The van der Waals surface area contributed by atoms with Crippen molar-refractivity contribution in [2.75, 3.05) is 19.0 Å². The van der Waals surface area contributed by atoms with E-state index in [9.17, 15) is 0 Å². The lowest BCUT2D eigenvalue weighted by Crippen LogP contribution is -2.15. The van der Waals surface area contributed by atoms with Crippen LogP contribution in [0, 0.1) is 0 Å². The maximum absolute atomic E-state index is 5.12. The summed E-state index contributed by atoms with van der Waals surface area (Å²) in [5, 5.41) is 3.39. The average Bonchev–Trinajstić information content (AvgIpc) is 2.28. The summed E-state index contributed by atoms with van der Waals surface area (Å²) in [6, 6.07) is 8.03. The van der Waals surface area contributed by atoms with Gasteiger partial charge in [0.2, 0.25) is 0 Å². The summed E-state index contributed by atoms with van der Waals surface area (Å²) in [6.45, 7) is 8.02. The van der Waals surface area contributed by atoms with Gasteiger partial charge in [-0.15, -0.1) is 0 Å². The lowest BCUT2D eigenvalue weighted by Gasteiger charge is -2.09. The summed E-state index contributed by atoms with van der Waals surface area (Å²) in [5.41, 5.74) is 3.54. The Morgan fingerprint density at radius 1 is 1.18 bits per heavy atom. The molecule has 0 unspecified atom stereocenters. The predicted molar refractivity (Wildman–Crippen MR) is 78.6 cm³/mol. The monoisotopic (exact) mass is 249 g/mol. The van der Waals surface area contributed by atoms with Crippen molar-refractivity contribution in [1.29, 1.82) is 0 Å². The molecule has 0 aromatic heterocycles. The second kappa shape index (κ2) is 6.50. The van der Waals surface area contributed by atoms with E-state index in [-0.39, 0.29) is 0 Å². The Morgan fingerprint density at radius 3 is 2.35 bits per heavy atom. The Hall–Kier alpha value is -1.22. The molecule has 0 amide bonds. The highest BCUT2D eigenvalue weighted by atomic mass is 28.3. The molecule has 0 radical (unpaired) electrons. The van der Waals surface area contributed by atoms with Crippen molar-refractivity contribution in [2.45, 2.75) is 26.1 Å². The van der Waals surface area contributed by atoms with Gasteiger partial charge in [0, 0.05) is 12.2 Å².